The summed E-state index contributed by atoms with van der Waals surface area (Å²) in [5, 5.41) is 11.0. The van der Waals surface area contributed by atoms with Gasteiger partial charge in [-0.1, -0.05) is 13.0 Å². The summed E-state index contributed by atoms with van der Waals surface area (Å²) in [6, 6.07) is 11.3. The largest absolute Gasteiger partial charge is 0.385 e. The van der Waals surface area contributed by atoms with E-state index >= 15 is 0 Å². The number of nitrogens with zero attached hydrogens (tertiary/aromatic N) is 5. The normalized spacial score (nSPS) is 14.8. The molecule has 10 heteroatoms. The van der Waals surface area contributed by atoms with Crippen LogP contribution in [0.1, 0.15) is 40.5 Å². The van der Waals surface area contributed by atoms with Gasteiger partial charge in [0.2, 0.25) is 0 Å². The van der Waals surface area contributed by atoms with Crippen LogP contribution in [-0.2, 0) is 17.7 Å². The number of hydrogen-bond donors (Lipinski definition) is 3. The number of hydrogen-bond acceptors (Lipinski definition) is 9. The maximum absolute atomic E-state index is 12.8. The molecule has 0 bridgehead atoms. The highest BCUT2D eigenvalue weighted by atomic mass is 16.5. The molecule has 36 heavy (non-hydrogen) atoms. The van der Waals surface area contributed by atoms with E-state index in [0.29, 0.717) is 25.3 Å². The Morgan fingerprint density at radius 1 is 1.17 bits per heavy atom. The van der Waals surface area contributed by atoms with Gasteiger partial charge >= 0.3 is 0 Å². The first-order chi connectivity index (χ1) is 17.7. The minimum Gasteiger partial charge on any atom is -0.385 e. The SMILES string of the molecule is CCc1cnccc1CNC(=O)c1cccc(NCC2NN=C(c3ccncn3)N2CCCOC)c1. The number of anilines is 1. The van der Waals surface area contributed by atoms with E-state index in [1.54, 1.807) is 19.5 Å². The molecule has 1 aromatic carbocycles. The molecule has 0 fully saturated rings. The van der Waals surface area contributed by atoms with Crippen LogP contribution in [0.15, 0.2) is 66.4 Å². The smallest absolute Gasteiger partial charge is 0.251 e. The van der Waals surface area contributed by atoms with Crippen molar-refractivity contribution in [3.05, 3.63) is 83.7 Å². The van der Waals surface area contributed by atoms with Crippen LogP contribution in [0.2, 0.25) is 0 Å². The van der Waals surface area contributed by atoms with Crippen LogP contribution in [0.4, 0.5) is 5.69 Å². The lowest BCUT2D eigenvalue weighted by molar-refractivity contribution is 0.0951. The second kappa shape index (κ2) is 12.6. The summed E-state index contributed by atoms with van der Waals surface area (Å²) in [5.41, 5.74) is 7.63. The van der Waals surface area contributed by atoms with Crippen molar-refractivity contribution in [3.63, 3.8) is 0 Å². The van der Waals surface area contributed by atoms with Crippen LogP contribution < -0.4 is 16.1 Å². The van der Waals surface area contributed by atoms with Crippen LogP contribution in [-0.4, -0.2) is 64.6 Å². The number of amides is 1. The third-order valence-electron chi connectivity index (χ3n) is 5.98. The van der Waals surface area contributed by atoms with Gasteiger partial charge in [0, 0.05) is 56.6 Å². The molecular formula is C26H32N8O2. The van der Waals surface area contributed by atoms with Gasteiger partial charge in [-0.05, 0) is 54.3 Å². The van der Waals surface area contributed by atoms with Crippen molar-refractivity contribution < 1.29 is 9.53 Å². The molecule has 1 aliphatic heterocycles. The second-order valence-electron chi connectivity index (χ2n) is 8.36. The highest BCUT2D eigenvalue weighted by Gasteiger charge is 2.28. The molecule has 1 aliphatic rings. The number of carbonyl (C=O) groups is 1. The average molecular weight is 489 g/mol. The topological polar surface area (TPSA) is 117 Å². The van der Waals surface area contributed by atoms with Crippen molar-refractivity contribution in [2.24, 2.45) is 5.10 Å². The Kier molecular flexibility index (Phi) is 8.77. The fourth-order valence-electron chi connectivity index (χ4n) is 4.05. The number of hydrazone groups is 1. The molecule has 0 saturated carbocycles. The zero-order valence-corrected chi connectivity index (χ0v) is 20.6. The summed E-state index contributed by atoms with van der Waals surface area (Å²) in [6.45, 7) is 4.54. The van der Waals surface area contributed by atoms with Gasteiger partial charge in [-0.25, -0.2) is 9.97 Å². The summed E-state index contributed by atoms with van der Waals surface area (Å²) in [4.78, 5) is 27.5. The lowest BCUT2D eigenvalue weighted by atomic mass is 10.1. The Morgan fingerprint density at radius 2 is 2.06 bits per heavy atom. The Bertz CT molecular complexity index is 1170. The molecule has 188 valence electrons. The van der Waals surface area contributed by atoms with Crippen LogP contribution >= 0.6 is 0 Å². The molecular weight excluding hydrogens is 456 g/mol. The molecule has 0 radical (unpaired) electrons. The van der Waals surface area contributed by atoms with Gasteiger partial charge < -0.3 is 20.3 Å². The number of methoxy groups -OCH3 is 1. The molecule has 3 aromatic rings. The van der Waals surface area contributed by atoms with Gasteiger partial charge in [0.25, 0.3) is 5.91 Å². The standard InChI is InChI=1S/C26H32N8O2/c1-3-19-15-27-10-8-21(19)16-30-26(35)20-6-4-7-22(14-20)29-17-24-32-33-25(23-9-11-28-18-31-23)34(24)12-5-13-36-2/h4,6-11,14-15,18,24,29,32H,3,5,12-13,16-17H2,1-2H3,(H,30,35). The zero-order valence-electron chi connectivity index (χ0n) is 20.6. The fourth-order valence-corrected chi connectivity index (χ4v) is 4.05. The Hall–Kier alpha value is -4.05. The molecule has 0 spiro atoms. The van der Waals surface area contributed by atoms with Crippen molar-refractivity contribution in [2.45, 2.75) is 32.5 Å². The Morgan fingerprint density at radius 3 is 2.86 bits per heavy atom. The molecule has 10 nitrogen and oxygen atoms in total. The second-order valence-corrected chi connectivity index (χ2v) is 8.36. The summed E-state index contributed by atoms with van der Waals surface area (Å²) in [5.74, 6) is 0.656. The number of aryl methyl sites for hydroxylation is 1. The fraction of sp³-hybridized carbons (Fsp3) is 0.346. The maximum Gasteiger partial charge on any atom is 0.251 e. The molecule has 2 aromatic heterocycles. The molecule has 0 saturated heterocycles. The number of ether oxygens (including phenoxy) is 1. The minimum atomic E-state index is -0.118. The number of aromatic nitrogens is 3. The Balaban J connectivity index is 1.37. The van der Waals surface area contributed by atoms with Crippen molar-refractivity contribution in [1.82, 2.24) is 30.6 Å². The van der Waals surface area contributed by atoms with Gasteiger partial charge in [-0.3, -0.25) is 15.2 Å². The van der Waals surface area contributed by atoms with Crippen molar-refractivity contribution in [3.8, 4) is 0 Å². The van der Waals surface area contributed by atoms with Gasteiger partial charge in [-0.15, -0.1) is 0 Å². The van der Waals surface area contributed by atoms with E-state index in [1.807, 2.05) is 42.6 Å². The summed E-state index contributed by atoms with van der Waals surface area (Å²) < 4.78 is 5.23. The highest BCUT2D eigenvalue weighted by molar-refractivity contribution is 5.98. The lowest BCUT2D eigenvalue weighted by Crippen LogP contribution is -2.45. The molecule has 4 rings (SSSR count). The van der Waals surface area contributed by atoms with Crippen LogP contribution in [0.3, 0.4) is 0 Å². The molecule has 3 N–H and O–H groups in total. The van der Waals surface area contributed by atoms with Crippen molar-refractivity contribution >= 4 is 17.4 Å². The third-order valence-corrected chi connectivity index (χ3v) is 5.98. The number of carbonyl (C=O) groups excluding carboxylic acids is 1. The number of amidine groups is 1. The van der Waals surface area contributed by atoms with Crippen molar-refractivity contribution in [2.75, 3.05) is 32.1 Å². The quantitative estimate of drug-likeness (QED) is 0.333. The van der Waals surface area contributed by atoms with E-state index in [1.165, 1.54) is 6.33 Å². The predicted octanol–water partition coefficient (Wildman–Crippen LogP) is 2.41. The molecule has 1 unspecified atom stereocenters. The monoisotopic (exact) mass is 488 g/mol. The summed E-state index contributed by atoms with van der Waals surface area (Å²) in [6.07, 6.45) is 8.47. The van der Waals surface area contributed by atoms with Crippen LogP contribution in [0.5, 0.6) is 0 Å². The van der Waals surface area contributed by atoms with Crippen molar-refractivity contribution in [1.29, 1.82) is 0 Å². The number of nitrogens with one attached hydrogen (secondary N) is 3. The van der Waals surface area contributed by atoms with E-state index in [9.17, 15) is 4.79 Å². The predicted molar refractivity (Wildman–Crippen MR) is 138 cm³/mol. The van der Waals surface area contributed by atoms with Crippen LogP contribution in [0.25, 0.3) is 0 Å². The summed E-state index contributed by atoms with van der Waals surface area (Å²) >= 11 is 0. The highest BCUT2D eigenvalue weighted by Crippen LogP contribution is 2.16. The third kappa shape index (κ3) is 6.33. The van der Waals surface area contributed by atoms with E-state index < -0.39 is 0 Å². The number of rotatable bonds is 12. The van der Waals surface area contributed by atoms with E-state index in [4.69, 9.17) is 4.74 Å². The van der Waals surface area contributed by atoms with E-state index in [-0.39, 0.29) is 12.1 Å². The average Bonchev–Trinajstić information content (AvgIpc) is 3.34. The number of benzene rings is 1. The first-order valence-corrected chi connectivity index (χ1v) is 12.1. The maximum atomic E-state index is 12.8. The van der Waals surface area contributed by atoms with Crippen LogP contribution in [0, 0.1) is 0 Å². The van der Waals surface area contributed by atoms with Gasteiger partial charge in [0.15, 0.2) is 5.84 Å². The minimum absolute atomic E-state index is 0.0801. The lowest BCUT2D eigenvalue weighted by Gasteiger charge is -2.27. The van der Waals surface area contributed by atoms with Gasteiger partial charge in [0.1, 0.15) is 18.2 Å². The number of pyridine rings is 1. The van der Waals surface area contributed by atoms with E-state index in [0.717, 1.165) is 47.7 Å². The molecule has 1 atom stereocenters. The molecule has 1 amide bonds. The molecule has 0 aliphatic carbocycles. The first kappa shape index (κ1) is 25.1. The first-order valence-electron chi connectivity index (χ1n) is 12.1. The van der Waals surface area contributed by atoms with Gasteiger partial charge in [0.05, 0.1) is 6.54 Å². The van der Waals surface area contributed by atoms with E-state index in [2.05, 4.69) is 47.9 Å². The molecule has 3 heterocycles. The Labute approximate surface area is 211 Å². The zero-order chi connectivity index (χ0) is 25.2. The van der Waals surface area contributed by atoms with Gasteiger partial charge in [-0.2, -0.15) is 5.10 Å². The summed E-state index contributed by atoms with van der Waals surface area (Å²) in [7, 11) is 1.70.